The van der Waals surface area contributed by atoms with Gasteiger partial charge >= 0.3 is 6.36 Å². The van der Waals surface area contributed by atoms with E-state index in [-0.39, 0.29) is 40.7 Å². The number of hydrogen-bond donors (Lipinski definition) is 2. The van der Waals surface area contributed by atoms with Crippen molar-refractivity contribution in [1.29, 1.82) is 0 Å². The number of nitrogens with one attached hydrogen (secondary N) is 2. The maximum absolute atomic E-state index is 13.0. The van der Waals surface area contributed by atoms with E-state index in [4.69, 9.17) is 14.2 Å². The number of ether oxygens (including phenoxy) is 4. The summed E-state index contributed by atoms with van der Waals surface area (Å²) in [5.74, 6) is -1.32. The second kappa shape index (κ2) is 11.8. The molecule has 2 N–H and O–H groups in total. The van der Waals surface area contributed by atoms with Crippen LogP contribution in [0.25, 0.3) is 0 Å². The number of sulfonamides is 1. The first-order valence-electron chi connectivity index (χ1n) is 11.1. The lowest BCUT2D eigenvalue weighted by molar-refractivity contribution is -0.274. The Balaban J connectivity index is 1.80. The average Bonchev–Trinajstić information content (AvgIpc) is 2.78. The Hall–Kier alpha value is -3.03. The first kappa shape index (κ1) is 27.6. The van der Waals surface area contributed by atoms with Crippen molar-refractivity contribution < 1.29 is 45.3 Å². The first-order valence-corrected chi connectivity index (χ1v) is 12.5. The van der Waals surface area contributed by atoms with Gasteiger partial charge in [-0.1, -0.05) is 6.07 Å². The van der Waals surface area contributed by atoms with Gasteiger partial charge in [0, 0.05) is 43.4 Å². The number of carbonyl (C=O) groups is 1. The molecule has 36 heavy (non-hydrogen) atoms. The number of alkyl halides is 3. The fourth-order valence-corrected chi connectivity index (χ4v) is 4.98. The van der Waals surface area contributed by atoms with Crippen molar-refractivity contribution in [2.75, 3.05) is 43.6 Å². The van der Waals surface area contributed by atoms with Crippen molar-refractivity contribution in [3.63, 3.8) is 0 Å². The number of anilines is 2. The van der Waals surface area contributed by atoms with Crippen LogP contribution in [0.5, 0.6) is 11.5 Å². The quantitative estimate of drug-likeness (QED) is 0.475. The van der Waals surface area contributed by atoms with Crippen LogP contribution in [0.4, 0.5) is 24.5 Å². The van der Waals surface area contributed by atoms with E-state index in [2.05, 4.69) is 14.8 Å². The topological polar surface area (TPSA) is 112 Å². The third kappa shape index (κ3) is 7.48. The van der Waals surface area contributed by atoms with Crippen molar-refractivity contribution in [1.82, 2.24) is 0 Å². The Labute approximate surface area is 206 Å². The van der Waals surface area contributed by atoms with E-state index in [1.165, 1.54) is 30.3 Å². The van der Waals surface area contributed by atoms with Crippen molar-refractivity contribution in [2.24, 2.45) is 11.8 Å². The first-order chi connectivity index (χ1) is 17.0. The summed E-state index contributed by atoms with van der Waals surface area (Å²) >= 11 is 0. The molecule has 1 aliphatic heterocycles. The Morgan fingerprint density at radius 1 is 1.17 bits per heavy atom. The zero-order chi connectivity index (χ0) is 26.3. The Kier molecular flexibility index (Phi) is 9.03. The molecular weight excluding hydrogens is 505 g/mol. The molecule has 0 saturated carbocycles. The SMILES string of the molecule is CCOc1cc(NC(=O)[C@H]2CCOC[C@@H]2COC)ccc1S(=O)(=O)Nc1cccc(OC(F)(F)F)c1. The minimum Gasteiger partial charge on any atom is -0.492 e. The molecule has 1 aliphatic rings. The summed E-state index contributed by atoms with van der Waals surface area (Å²) < 4.78 is 85.7. The average molecular weight is 533 g/mol. The predicted octanol–water partition coefficient (Wildman–Crippen LogP) is 4.02. The zero-order valence-corrected chi connectivity index (χ0v) is 20.4. The van der Waals surface area contributed by atoms with Crippen LogP contribution in [0.2, 0.25) is 0 Å². The van der Waals surface area contributed by atoms with Gasteiger partial charge in [0.1, 0.15) is 16.4 Å². The van der Waals surface area contributed by atoms with Gasteiger partial charge in [-0.05, 0) is 37.6 Å². The molecule has 0 bridgehead atoms. The second-order valence-corrected chi connectivity index (χ2v) is 9.60. The minimum atomic E-state index is -4.92. The van der Waals surface area contributed by atoms with E-state index in [1.807, 2.05) is 0 Å². The van der Waals surface area contributed by atoms with Gasteiger partial charge in [-0.2, -0.15) is 0 Å². The molecule has 0 spiro atoms. The smallest absolute Gasteiger partial charge is 0.492 e. The summed E-state index contributed by atoms with van der Waals surface area (Å²) in [6, 6.07) is 8.48. The Morgan fingerprint density at radius 3 is 2.64 bits per heavy atom. The molecule has 1 heterocycles. The van der Waals surface area contributed by atoms with E-state index < -0.39 is 22.1 Å². The zero-order valence-electron chi connectivity index (χ0n) is 19.6. The molecule has 0 aromatic heterocycles. The van der Waals surface area contributed by atoms with E-state index in [1.54, 1.807) is 14.0 Å². The highest BCUT2D eigenvalue weighted by Gasteiger charge is 2.33. The highest BCUT2D eigenvalue weighted by molar-refractivity contribution is 7.92. The van der Waals surface area contributed by atoms with Gasteiger partial charge in [0.05, 0.1) is 25.5 Å². The van der Waals surface area contributed by atoms with Gasteiger partial charge in [-0.3, -0.25) is 9.52 Å². The van der Waals surface area contributed by atoms with E-state index in [0.717, 1.165) is 12.1 Å². The van der Waals surface area contributed by atoms with Crippen molar-refractivity contribution in [3.05, 3.63) is 42.5 Å². The summed E-state index contributed by atoms with van der Waals surface area (Å²) in [4.78, 5) is 12.6. The molecule has 13 heteroatoms. The molecule has 1 amide bonds. The lowest BCUT2D eigenvalue weighted by atomic mass is 9.88. The number of amides is 1. The number of methoxy groups -OCH3 is 1. The summed E-state index contributed by atoms with van der Waals surface area (Å²) in [5.41, 5.74) is 0.186. The summed E-state index contributed by atoms with van der Waals surface area (Å²) in [7, 11) is -2.72. The van der Waals surface area contributed by atoms with Gasteiger partial charge in [-0.15, -0.1) is 13.2 Å². The fourth-order valence-electron chi connectivity index (χ4n) is 3.80. The molecule has 0 unspecified atom stereocenters. The van der Waals surface area contributed by atoms with Crippen LogP contribution >= 0.6 is 0 Å². The van der Waals surface area contributed by atoms with Gasteiger partial charge in [0.25, 0.3) is 10.0 Å². The van der Waals surface area contributed by atoms with Gasteiger partial charge < -0.3 is 24.3 Å². The highest BCUT2D eigenvalue weighted by atomic mass is 32.2. The maximum atomic E-state index is 13.0. The Morgan fingerprint density at radius 2 is 1.94 bits per heavy atom. The number of carbonyl (C=O) groups excluding carboxylic acids is 1. The normalized spacial score (nSPS) is 18.4. The molecule has 2 aromatic rings. The second-order valence-electron chi connectivity index (χ2n) is 7.95. The van der Waals surface area contributed by atoms with Crippen LogP contribution in [0.3, 0.4) is 0 Å². The fraction of sp³-hybridized carbons (Fsp3) is 0.435. The molecular formula is C23H27F3N2O7S. The van der Waals surface area contributed by atoms with Crippen LogP contribution in [0.15, 0.2) is 47.4 Å². The van der Waals surface area contributed by atoms with Gasteiger partial charge in [0.2, 0.25) is 5.91 Å². The van der Waals surface area contributed by atoms with Crippen LogP contribution in [-0.4, -0.2) is 54.2 Å². The van der Waals surface area contributed by atoms with Crippen molar-refractivity contribution in [3.8, 4) is 11.5 Å². The summed E-state index contributed by atoms with van der Waals surface area (Å²) in [6.07, 6.45) is -4.40. The molecule has 0 aliphatic carbocycles. The third-order valence-electron chi connectivity index (χ3n) is 5.31. The van der Waals surface area contributed by atoms with Gasteiger partial charge in [0.15, 0.2) is 0 Å². The van der Waals surface area contributed by atoms with E-state index in [0.29, 0.717) is 31.9 Å². The molecule has 1 fully saturated rings. The van der Waals surface area contributed by atoms with Crippen LogP contribution < -0.4 is 19.5 Å². The molecule has 2 aromatic carbocycles. The summed E-state index contributed by atoms with van der Waals surface area (Å²) in [6.45, 7) is 2.99. The molecule has 1 saturated heterocycles. The van der Waals surface area contributed by atoms with Crippen LogP contribution in [-0.2, 0) is 24.3 Å². The van der Waals surface area contributed by atoms with Crippen LogP contribution in [0, 0.1) is 11.8 Å². The lowest BCUT2D eigenvalue weighted by Gasteiger charge is -2.30. The van der Waals surface area contributed by atoms with Gasteiger partial charge in [-0.25, -0.2) is 8.42 Å². The molecule has 0 radical (unpaired) electrons. The standard InChI is InChI=1S/C23H27F3N2O7S/c1-3-34-20-12-16(27-22(29)19-9-10-33-14-15(19)13-32-2)7-8-21(20)36(30,31)28-17-5-4-6-18(11-17)35-23(24,25)26/h4-8,11-12,15,19,28H,3,9-10,13-14H2,1-2H3,(H,27,29)/t15-,19-/m0/s1. The van der Waals surface area contributed by atoms with Crippen molar-refractivity contribution in [2.45, 2.75) is 24.6 Å². The predicted molar refractivity (Wildman–Crippen MR) is 124 cm³/mol. The van der Waals surface area contributed by atoms with Crippen molar-refractivity contribution >= 4 is 27.3 Å². The molecule has 3 rings (SSSR count). The molecule has 9 nitrogen and oxygen atoms in total. The molecule has 2 atom stereocenters. The Bertz CT molecular complexity index is 1160. The number of benzene rings is 2. The monoisotopic (exact) mass is 532 g/mol. The third-order valence-corrected chi connectivity index (χ3v) is 6.73. The lowest BCUT2D eigenvalue weighted by Crippen LogP contribution is -2.38. The highest BCUT2D eigenvalue weighted by Crippen LogP contribution is 2.32. The van der Waals surface area contributed by atoms with E-state index >= 15 is 0 Å². The number of hydrogen-bond acceptors (Lipinski definition) is 7. The summed E-state index contributed by atoms with van der Waals surface area (Å²) in [5, 5.41) is 2.79. The maximum Gasteiger partial charge on any atom is 0.573 e. The molecule has 198 valence electrons. The van der Waals surface area contributed by atoms with E-state index in [9.17, 15) is 26.4 Å². The van der Waals surface area contributed by atoms with Crippen LogP contribution in [0.1, 0.15) is 13.3 Å². The number of rotatable bonds is 10. The number of halogens is 3. The minimum absolute atomic E-state index is 0.0362. The largest absolute Gasteiger partial charge is 0.573 e.